The molecule has 3 heteroatoms. The minimum atomic E-state index is -2.56. The number of hydrogen-bond donors (Lipinski definition) is 0. The Labute approximate surface area is 148 Å². The van der Waals surface area contributed by atoms with Gasteiger partial charge in [0.25, 0.3) is 5.92 Å². The van der Waals surface area contributed by atoms with Gasteiger partial charge in [0.05, 0.1) is 5.54 Å². The van der Waals surface area contributed by atoms with E-state index < -0.39 is 17.4 Å². The molecule has 0 bridgehead atoms. The summed E-state index contributed by atoms with van der Waals surface area (Å²) in [5.41, 5.74) is 1.27. The molecular formula is C22H25F2N. The highest BCUT2D eigenvalue weighted by molar-refractivity contribution is 5.29. The normalized spacial score (nSPS) is 27.6. The lowest BCUT2D eigenvalue weighted by molar-refractivity contribution is 0.00775. The quantitative estimate of drug-likeness (QED) is 0.678. The van der Waals surface area contributed by atoms with Gasteiger partial charge in [0.2, 0.25) is 0 Å². The molecule has 2 aliphatic carbocycles. The third-order valence-electron chi connectivity index (χ3n) is 6.06. The van der Waals surface area contributed by atoms with Crippen LogP contribution in [0.1, 0.15) is 43.2 Å². The molecule has 1 nitrogen and oxygen atoms in total. The van der Waals surface area contributed by atoms with Crippen molar-refractivity contribution in [1.82, 2.24) is 4.90 Å². The maximum absolute atomic E-state index is 15.0. The van der Waals surface area contributed by atoms with E-state index in [1.54, 1.807) is 0 Å². The molecule has 4 rings (SSSR count). The minimum Gasteiger partial charge on any atom is -0.283 e. The highest BCUT2D eigenvalue weighted by Gasteiger charge is 2.81. The zero-order valence-corrected chi connectivity index (χ0v) is 14.5. The SMILES string of the molecule is FC1(F)C2CCCCCC21N(Cc1ccccc1)Cc1ccccc1. The van der Waals surface area contributed by atoms with Gasteiger partial charge in [0.1, 0.15) is 0 Å². The Kier molecular flexibility index (Phi) is 4.36. The molecule has 0 aliphatic heterocycles. The fraction of sp³-hybridized carbons (Fsp3) is 0.455. The number of nitrogens with zero attached hydrogens (tertiary/aromatic N) is 1. The van der Waals surface area contributed by atoms with E-state index in [0.717, 1.165) is 30.4 Å². The Morgan fingerprint density at radius 2 is 1.36 bits per heavy atom. The first-order valence-corrected chi connectivity index (χ1v) is 9.35. The van der Waals surface area contributed by atoms with Crippen molar-refractivity contribution < 1.29 is 8.78 Å². The van der Waals surface area contributed by atoms with Crippen molar-refractivity contribution in [3.05, 3.63) is 71.8 Å². The molecule has 2 atom stereocenters. The third kappa shape index (κ3) is 2.89. The van der Waals surface area contributed by atoms with E-state index in [4.69, 9.17) is 0 Å². The van der Waals surface area contributed by atoms with Crippen LogP contribution in [0.4, 0.5) is 8.78 Å². The first-order valence-electron chi connectivity index (χ1n) is 9.35. The van der Waals surface area contributed by atoms with Crippen molar-refractivity contribution in [3.63, 3.8) is 0 Å². The highest BCUT2D eigenvalue weighted by Crippen LogP contribution is 2.68. The van der Waals surface area contributed by atoms with Crippen molar-refractivity contribution in [2.45, 2.75) is 56.7 Å². The van der Waals surface area contributed by atoms with E-state index in [9.17, 15) is 8.78 Å². The summed E-state index contributed by atoms with van der Waals surface area (Å²) in [4.78, 5) is 2.08. The number of fused-ring (bicyclic) bond motifs is 1. The number of hydrogen-bond acceptors (Lipinski definition) is 1. The lowest BCUT2D eigenvalue weighted by atomic mass is 10.0. The molecule has 2 aliphatic rings. The number of halogens is 2. The topological polar surface area (TPSA) is 3.24 Å². The third-order valence-corrected chi connectivity index (χ3v) is 6.06. The number of benzene rings is 2. The van der Waals surface area contributed by atoms with Crippen LogP contribution in [0.2, 0.25) is 0 Å². The van der Waals surface area contributed by atoms with Crippen LogP contribution in [0.3, 0.4) is 0 Å². The number of alkyl halides is 2. The number of rotatable bonds is 5. The van der Waals surface area contributed by atoms with Crippen LogP contribution in [0.25, 0.3) is 0 Å². The fourth-order valence-electron chi connectivity index (χ4n) is 4.73. The van der Waals surface area contributed by atoms with Crippen LogP contribution < -0.4 is 0 Å². The van der Waals surface area contributed by atoms with Crippen LogP contribution in [-0.2, 0) is 13.1 Å². The largest absolute Gasteiger partial charge is 0.283 e. The molecule has 2 unspecified atom stereocenters. The van der Waals surface area contributed by atoms with E-state index >= 15 is 0 Å². The second kappa shape index (κ2) is 6.53. The van der Waals surface area contributed by atoms with Gasteiger partial charge in [-0.3, -0.25) is 4.90 Å². The second-order valence-corrected chi connectivity index (χ2v) is 7.53. The zero-order valence-electron chi connectivity index (χ0n) is 14.5. The van der Waals surface area contributed by atoms with Crippen LogP contribution in [0.5, 0.6) is 0 Å². The molecule has 0 spiro atoms. The van der Waals surface area contributed by atoms with Gasteiger partial charge in [-0.2, -0.15) is 0 Å². The van der Waals surface area contributed by atoms with Gasteiger partial charge in [-0.1, -0.05) is 79.9 Å². The average Bonchev–Trinajstić information content (AvgIpc) is 3.21. The van der Waals surface area contributed by atoms with Gasteiger partial charge in [0.15, 0.2) is 0 Å². The molecule has 0 radical (unpaired) electrons. The Bertz CT molecular complexity index is 659. The molecule has 2 fully saturated rings. The summed E-state index contributed by atoms with van der Waals surface area (Å²) in [6, 6.07) is 20.1. The molecule has 0 N–H and O–H groups in total. The minimum absolute atomic E-state index is 0.477. The van der Waals surface area contributed by atoms with E-state index in [1.165, 1.54) is 0 Å². The van der Waals surface area contributed by atoms with E-state index in [1.807, 2.05) is 60.7 Å². The maximum Gasteiger partial charge on any atom is 0.271 e. The smallest absolute Gasteiger partial charge is 0.271 e. The van der Waals surface area contributed by atoms with Crippen LogP contribution in [0.15, 0.2) is 60.7 Å². The lowest BCUT2D eigenvalue weighted by Gasteiger charge is -2.33. The summed E-state index contributed by atoms with van der Waals surface area (Å²) < 4.78 is 29.9. The van der Waals surface area contributed by atoms with Crippen molar-refractivity contribution >= 4 is 0 Å². The van der Waals surface area contributed by atoms with Crippen LogP contribution in [0, 0.1) is 5.92 Å². The van der Waals surface area contributed by atoms with Crippen LogP contribution in [-0.4, -0.2) is 16.4 Å². The van der Waals surface area contributed by atoms with Gasteiger partial charge in [-0.05, 0) is 24.0 Å². The molecule has 0 saturated heterocycles. The fourth-order valence-corrected chi connectivity index (χ4v) is 4.73. The maximum atomic E-state index is 15.0. The molecule has 2 aromatic carbocycles. The summed E-state index contributed by atoms with van der Waals surface area (Å²) in [5.74, 6) is -3.04. The first-order chi connectivity index (χ1) is 12.1. The second-order valence-electron chi connectivity index (χ2n) is 7.53. The van der Waals surface area contributed by atoms with Crippen molar-refractivity contribution in [2.75, 3.05) is 0 Å². The molecular weight excluding hydrogens is 316 g/mol. The predicted octanol–water partition coefficient (Wildman–Crippen LogP) is 5.66. The molecule has 0 amide bonds. The zero-order chi connectivity index (χ0) is 17.3. The lowest BCUT2D eigenvalue weighted by Crippen LogP contribution is -2.41. The average molecular weight is 341 g/mol. The molecule has 132 valence electrons. The van der Waals surface area contributed by atoms with Gasteiger partial charge in [0, 0.05) is 19.0 Å². The van der Waals surface area contributed by atoms with E-state index in [0.29, 0.717) is 25.9 Å². The monoisotopic (exact) mass is 341 g/mol. The summed E-state index contributed by atoms with van der Waals surface area (Å²) in [6.45, 7) is 1.17. The standard InChI is InChI=1S/C22H25F2N/c23-22(24)20-14-8-3-9-15-21(20,22)25(16-18-10-4-1-5-11-18)17-19-12-6-2-7-13-19/h1-2,4-7,10-13,20H,3,8-9,14-17H2. The Morgan fingerprint density at radius 3 is 1.92 bits per heavy atom. The summed E-state index contributed by atoms with van der Waals surface area (Å²) in [6.07, 6.45) is 4.20. The summed E-state index contributed by atoms with van der Waals surface area (Å²) >= 11 is 0. The molecule has 0 aromatic heterocycles. The Balaban J connectivity index is 1.67. The van der Waals surface area contributed by atoms with Crippen LogP contribution >= 0.6 is 0 Å². The van der Waals surface area contributed by atoms with Gasteiger partial charge in [-0.25, -0.2) is 8.78 Å². The summed E-state index contributed by atoms with van der Waals surface area (Å²) in [7, 11) is 0. The van der Waals surface area contributed by atoms with E-state index in [-0.39, 0.29) is 0 Å². The van der Waals surface area contributed by atoms with Crippen molar-refractivity contribution in [2.24, 2.45) is 5.92 Å². The molecule has 2 saturated carbocycles. The van der Waals surface area contributed by atoms with Crippen molar-refractivity contribution in [3.8, 4) is 0 Å². The Morgan fingerprint density at radius 1 is 0.800 bits per heavy atom. The van der Waals surface area contributed by atoms with Gasteiger partial charge in [-0.15, -0.1) is 0 Å². The first kappa shape index (κ1) is 16.7. The molecule has 25 heavy (non-hydrogen) atoms. The predicted molar refractivity (Wildman–Crippen MR) is 96.4 cm³/mol. The summed E-state index contributed by atoms with van der Waals surface area (Å²) in [5, 5.41) is 0. The molecule has 0 heterocycles. The van der Waals surface area contributed by atoms with Gasteiger partial charge >= 0.3 is 0 Å². The highest BCUT2D eigenvalue weighted by atomic mass is 19.3. The Hall–Kier alpha value is -1.74. The van der Waals surface area contributed by atoms with Crippen molar-refractivity contribution in [1.29, 1.82) is 0 Å². The molecule has 2 aromatic rings. The van der Waals surface area contributed by atoms with E-state index in [2.05, 4.69) is 4.90 Å². The van der Waals surface area contributed by atoms with Gasteiger partial charge < -0.3 is 0 Å².